The van der Waals surface area contributed by atoms with Crippen LogP contribution in [0.25, 0.3) is 0 Å². The van der Waals surface area contributed by atoms with Crippen LogP contribution in [-0.2, 0) is 4.74 Å². The van der Waals surface area contributed by atoms with Crippen LogP contribution < -0.4 is 17.0 Å². The number of ether oxygens (including phenoxy) is 1. The fourth-order valence-electron chi connectivity index (χ4n) is 1.70. The number of rotatable bonds is 6. The molecule has 5 N–H and O–H groups in total. The van der Waals surface area contributed by atoms with Crippen LogP contribution in [0.15, 0.2) is 12.3 Å². The predicted octanol–water partition coefficient (Wildman–Crippen LogP) is 0.903. The summed E-state index contributed by atoms with van der Waals surface area (Å²) in [6.07, 6.45) is 2.48. The molecule has 0 fully saturated rings. The molecule has 1 heterocycles. The minimum Gasteiger partial charge on any atom is -0.383 e. The third-order valence-corrected chi connectivity index (χ3v) is 2.54. The quantitative estimate of drug-likeness (QED) is 0.380. The van der Waals surface area contributed by atoms with Crippen LogP contribution in [0.2, 0.25) is 0 Å². The van der Waals surface area contributed by atoms with Gasteiger partial charge in [-0.25, -0.2) is 4.98 Å². The Morgan fingerprint density at radius 3 is 2.88 bits per heavy atom. The Bertz CT molecular complexity index is 310. The van der Waals surface area contributed by atoms with E-state index in [-0.39, 0.29) is 6.04 Å². The van der Waals surface area contributed by atoms with Crippen molar-refractivity contribution in [3.63, 3.8) is 0 Å². The predicted molar refractivity (Wildman–Crippen MR) is 64.6 cm³/mol. The van der Waals surface area contributed by atoms with Gasteiger partial charge in [-0.3, -0.25) is 11.3 Å². The Balaban J connectivity index is 2.78. The van der Waals surface area contributed by atoms with Crippen LogP contribution in [0.3, 0.4) is 0 Å². The number of hydrazine groups is 1. The summed E-state index contributed by atoms with van der Waals surface area (Å²) in [4.78, 5) is 4.08. The van der Waals surface area contributed by atoms with Crippen LogP contribution in [-0.4, -0.2) is 18.2 Å². The zero-order chi connectivity index (χ0) is 12.0. The maximum Gasteiger partial charge on any atom is 0.128 e. The van der Waals surface area contributed by atoms with Gasteiger partial charge in [-0.15, -0.1) is 0 Å². The minimum atomic E-state index is -0.0137. The van der Waals surface area contributed by atoms with Gasteiger partial charge in [0.2, 0.25) is 0 Å². The van der Waals surface area contributed by atoms with Gasteiger partial charge in [-0.1, -0.05) is 0 Å². The second-order valence-electron chi connectivity index (χ2n) is 3.63. The Morgan fingerprint density at radius 1 is 1.56 bits per heavy atom. The molecule has 5 heteroatoms. The van der Waals surface area contributed by atoms with E-state index >= 15 is 0 Å². The zero-order valence-electron chi connectivity index (χ0n) is 9.86. The van der Waals surface area contributed by atoms with E-state index in [4.69, 9.17) is 16.3 Å². The Hall–Kier alpha value is -1.17. The van der Waals surface area contributed by atoms with Gasteiger partial charge in [0.25, 0.3) is 0 Å². The molecule has 0 spiro atoms. The van der Waals surface area contributed by atoms with Crippen molar-refractivity contribution < 1.29 is 4.74 Å². The molecular weight excluding hydrogens is 204 g/mol. The van der Waals surface area contributed by atoms with E-state index in [0.29, 0.717) is 19.0 Å². The Kier molecular flexibility index (Phi) is 5.18. The summed E-state index contributed by atoms with van der Waals surface area (Å²) in [5.41, 5.74) is 10.7. The average Bonchev–Trinajstić information content (AvgIpc) is 2.26. The zero-order valence-corrected chi connectivity index (χ0v) is 9.86. The topological polar surface area (TPSA) is 86.2 Å². The first-order valence-corrected chi connectivity index (χ1v) is 5.45. The lowest BCUT2D eigenvalue weighted by Gasteiger charge is -2.19. The van der Waals surface area contributed by atoms with Gasteiger partial charge in [0.05, 0.1) is 6.04 Å². The van der Waals surface area contributed by atoms with E-state index in [9.17, 15) is 0 Å². The monoisotopic (exact) mass is 224 g/mol. The molecule has 16 heavy (non-hydrogen) atoms. The molecule has 0 aliphatic carbocycles. The van der Waals surface area contributed by atoms with Crippen LogP contribution >= 0.6 is 0 Å². The van der Waals surface area contributed by atoms with Crippen molar-refractivity contribution in [2.45, 2.75) is 26.3 Å². The molecule has 0 bridgehead atoms. The summed E-state index contributed by atoms with van der Waals surface area (Å²) in [6, 6.07) is 1.91. The highest BCUT2D eigenvalue weighted by Gasteiger charge is 2.15. The van der Waals surface area contributed by atoms with Gasteiger partial charge in [0.15, 0.2) is 0 Å². The summed E-state index contributed by atoms with van der Waals surface area (Å²) in [5, 5.41) is 0. The normalized spacial score (nSPS) is 12.7. The highest BCUT2D eigenvalue weighted by molar-refractivity contribution is 5.45. The largest absolute Gasteiger partial charge is 0.383 e. The van der Waals surface area contributed by atoms with Crippen LogP contribution in [0.5, 0.6) is 0 Å². The standard InChI is InChI=1S/C11H20N4O/c1-3-16-7-5-9(15-13)10-8(2)4-6-14-11(10)12/h4,6,9,15H,3,5,7,13H2,1-2H3,(H2,12,14). The highest BCUT2D eigenvalue weighted by Crippen LogP contribution is 2.24. The van der Waals surface area contributed by atoms with E-state index < -0.39 is 0 Å². The molecule has 0 amide bonds. The van der Waals surface area contributed by atoms with Crippen LogP contribution in [0, 0.1) is 6.92 Å². The molecule has 1 aromatic heterocycles. The van der Waals surface area contributed by atoms with Gasteiger partial charge >= 0.3 is 0 Å². The van der Waals surface area contributed by atoms with Crippen LogP contribution in [0.1, 0.15) is 30.5 Å². The number of nitrogen functional groups attached to an aromatic ring is 1. The maximum absolute atomic E-state index is 5.85. The molecule has 0 saturated heterocycles. The van der Waals surface area contributed by atoms with Crippen molar-refractivity contribution in [2.24, 2.45) is 5.84 Å². The number of nitrogens with two attached hydrogens (primary N) is 2. The van der Waals surface area contributed by atoms with Crippen molar-refractivity contribution in [1.82, 2.24) is 10.4 Å². The van der Waals surface area contributed by atoms with Crippen molar-refractivity contribution in [3.8, 4) is 0 Å². The van der Waals surface area contributed by atoms with Gasteiger partial charge < -0.3 is 10.5 Å². The second kappa shape index (κ2) is 6.42. The number of anilines is 1. The number of hydrogen-bond acceptors (Lipinski definition) is 5. The SMILES string of the molecule is CCOCCC(NN)c1c(C)ccnc1N. The molecule has 1 unspecified atom stereocenters. The number of hydrogen-bond donors (Lipinski definition) is 3. The van der Waals surface area contributed by atoms with E-state index in [1.807, 2.05) is 19.9 Å². The summed E-state index contributed by atoms with van der Waals surface area (Å²) < 4.78 is 5.31. The lowest BCUT2D eigenvalue weighted by molar-refractivity contribution is 0.136. The maximum atomic E-state index is 5.85. The lowest BCUT2D eigenvalue weighted by Crippen LogP contribution is -2.30. The van der Waals surface area contributed by atoms with Crippen molar-refractivity contribution in [2.75, 3.05) is 18.9 Å². The molecule has 1 atom stereocenters. The first-order chi connectivity index (χ1) is 7.70. The molecule has 0 aliphatic rings. The second-order valence-corrected chi connectivity index (χ2v) is 3.63. The molecule has 0 aliphatic heterocycles. The summed E-state index contributed by atoms with van der Waals surface area (Å²) in [6.45, 7) is 5.32. The average molecular weight is 224 g/mol. The first-order valence-electron chi connectivity index (χ1n) is 5.45. The molecule has 90 valence electrons. The Morgan fingerprint density at radius 2 is 2.31 bits per heavy atom. The number of pyridine rings is 1. The molecule has 1 rings (SSSR count). The lowest BCUT2D eigenvalue weighted by atomic mass is 10.0. The first kappa shape index (κ1) is 12.9. The molecule has 0 aromatic carbocycles. The van der Waals surface area contributed by atoms with E-state index in [1.54, 1.807) is 6.20 Å². The highest BCUT2D eigenvalue weighted by atomic mass is 16.5. The smallest absolute Gasteiger partial charge is 0.128 e. The fourth-order valence-corrected chi connectivity index (χ4v) is 1.70. The molecule has 5 nitrogen and oxygen atoms in total. The van der Waals surface area contributed by atoms with E-state index in [0.717, 1.165) is 17.5 Å². The van der Waals surface area contributed by atoms with Gasteiger partial charge in [0, 0.05) is 25.0 Å². The van der Waals surface area contributed by atoms with Crippen molar-refractivity contribution in [3.05, 3.63) is 23.4 Å². The van der Waals surface area contributed by atoms with Gasteiger partial charge in [-0.2, -0.15) is 0 Å². The molecule has 0 saturated carbocycles. The third kappa shape index (κ3) is 3.16. The summed E-state index contributed by atoms with van der Waals surface area (Å²) in [7, 11) is 0. The molecule has 0 radical (unpaired) electrons. The number of nitrogens with zero attached hydrogens (tertiary/aromatic N) is 1. The van der Waals surface area contributed by atoms with E-state index in [1.165, 1.54) is 0 Å². The minimum absolute atomic E-state index is 0.0137. The van der Waals surface area contributed by atoms with Crippen molar-refractivity contribution >= 4 is 5.82 Å². The van der Waals surface area contributed by atoms with Crippen LogP contribution in [0.4, 0.5) is 5.82 Å². The fraction of sp³-hybridized carbons (Fsp3) is 0.545. The number of aryl methyl sites for hydroxylation is 1. The number of nitrogens with one attached hydrogen (secondary N) is 1. The third-order valence-electron chi connectivity index (χ3n) is 2.54. The number of aromatic nitrogens is 1. The van der Waals surface area contributed by atoms with Crippen molar-refractivity contribution in [1.29, 1.82) is 0 Å². The molecule has 1 aromatic rings. The van der Waals surface area contributed by atoms with Gasteiger partial charge in [0.1, 0.15) is 5.82 Å². The summed E-state index contributed by atoms with van der Waals surface area (Å²) in [5.74, 6) is 6.06. The van der Waals surface area contributed by atoms with E-state index in [2.05, 4.69) is 10.4 Å². The Labute approximate surface area is 96.2 Å². The molecular formula is C11H20N4O. The summed E-state index contributed by atoms with van der Waals surface area (Å²) >= 11 is 0. The van der Waals surface area contributed by atoms with Gasteiger partial charge in [-0.05, 0) is 31.9 Å².